The number of anilines is 1. The third-order valence-electron chi connectivity index (χ3n) is 2.96. The Labute approximate surface area is 128 Å². The van der Waals surface area contributed by atoms with Gasteiger partial charge in [-0.1, -0.05) is 12.2 Å². The summed E-state index contributed by atoms with van der Waals surface area (Å²) in [6.07, 6.45) is 2.61. The predicted molar refractivity (Wildman–Crippen MR) is 83.5 cm³/mol. The van der Waals surface area contributed by atoms with Crippen LogP contribution in [0.5, 0.6) is 5.75 Å². The number of allylic oxidation sites excluding steroid dienone is 1. The second-order valence-electron chi connectivity index (χ2n) is 4.23. The van der Waals surface area contributed by atoms with Crippen LogP contribution in [0.2, 0.25) is 0 Å². The minimum atomic E-state index is -0.721. The van der Waals surface area contributed by atoms with Crippen LogP contribution in [0.4, 0.5) is 16.2 Å². The molecule has 0 aliphatic rings. The maximum Gasteiger partial charge on any atom is 0.414 e. The Morgan fingerprint density at radius 3 is 2.50 bits per heavy atom. The van der Waals surface area contributed by atoms with Crippen molar-refractivity contribution < 1.29 is 19.2 Å². The van der Waals surface area contributed by atoms with Crippen molar-refractivity contribution in [3.63, 3.8) is 0 Å². The van der Waals surface area contributed by atoms with Crippen molar-refractivity contribution in [2.75, 3.05) is 25.7 Å². The molecule has 0 aliphatic heterocycles. The molecule has 1 aromatic rings. The highest BCUT2D eigenvalue weighted by Gasteiger charge is 2.29. The van der Waals surface area contributed by atoms with Crippen molar-refractivity contribution in [1.82, 2.24) is 0 Å². The standard InChI is InChI=1S/C15H18N2O5/c1-5-7-11-13(21-3)9-8-12(17(19)20)14(11)16(10-6-2)15(18)22-4/h5-6,8-9H,1-2,7,10H2,3-4H3. The Morgan fingerprint density at radius 2 is 2.05 bits per heavy atom. The molecule has 0 saturated carbocycles. The summed E-state index contributed by atoms with van der Waals surface area (Å²) in [7, 11) is 2.66. The Morgan fingerprint density at radius 1 is 1.36 bits per heavy atom. The van der Waals surface area contributed by atoms with E-state index in [0.29, 0.717) is 17.7 Å². The fourth-order valence-electron chi connectivity index (χ4n) is 2.08. The minimum absolute atomic E-state index is 0.0603. The summed E-state index contributed by atoms with van der Waals surface area (Å²) < 4.78 is 9.95. The monoisotopic (exact) mass is 306 g/mol. The van der Waals surface area contributed by atoms with Gasteiger partial charge in [0.2, 0.25) is 0 Å². The first-order valence-electron chi connectivity index (χ1n) is 6.43. The van der Waals surface area contributed by atoms with Crippen molar-refractivity contribution >= 4 is 17.5 Å². The lowest BCUT2D eigenvalue weighted by atomic mass is 10.1. The zero-order valence-electron chi connectivity index (χ0n) is 12.6. The largest absolute Gasteiger partial charge is 0.496 e. The number of methoxy groups -OCH3 is 2. The molecule has 22 heavy (non-hydrogen) atoms. The average molecular weight is 306 g/mol. The Bertz CT molecular complexity index is 598. The Kier molecular flexibility index (Phi) is 6.12. The molecule has 1 amide bonds. The molecule has 0 aliphatic carbocycles. The third-order valence-corrected chi connectivity index (χ3v) is 2.96. The fourth-order valence-corrected chi connectivity index (χ4v) is 2.08. The van der Waals surface area contributed by atoms with Gasteiger partial charge in [0.05, 0.1) is 19.1 Å². The first kappa shape index (κ1) is 17.2. The van der Waals surface area contributed by atoms with Crippen LogP contribution in [-0.2, 0) is 11.2 Å². The summed E-state index contributed by atoms with van der Waals surface area (Å²) in [5, 5.41) is 11.3. The van der Waals surface area contributed by atoms with Gasteiger partial charge in [0.25, 0.3) is 5.69 Å². The highest BCUT2D eigenvalue weighted by molar-refractivity contribution is 5.93. The lowest BCUT2D eigenvalue weighted by Gasteiger charge is -2.23. The van der Waals surface area contributed by atoms with Crippen molar-refractivity contribution in [1.29, 1.82) is 0 Å². The Hall–Kier alpha value is -2.83. The van der Waals surface area contributed by atoms with E-state index in [1.165, 1.54) is 32.4 Å². The van der Waals surface area contributed by atoms with Gasteiger partial charge in [-0.05, 0) is 12.5 Å². The lowest BCUT2D eigenvalue weighted by Crippen LogP contribution is -2.32. The number of benzene rings is 1. The summed E-state index contributed by atoms with van der Waals surface area (Å²) in [4.78, 5) is 23.9. The first-order chi connectivity index (χ1) is 10.5. The van der Waals surface area contributed by atoms with E-state index in [2.05, 4.69) is 13.2 Å². The third kappa shape index (κ3) is 3.43. The number of hydrogen-bond donors (Lipinski definition) is 0. The van der Waals surface area contributed by atoms with Gasteiger partial charge < -0.3 is 9.47 Å². The molecule has 0 radical (unpaired) electrons. The van der Waals surface area contributed by atoms with Gasteiger partial charge >= 0.3 is 6.09 Å². The van der Waals surface area contributed by atoms with Crippen LogP contribution in [-0.4, -0.2) is 31.8 Å². The number of amides is 1. The Balaban J connectivity index is 3.68. The first-order valence-corrected chi connectivity index (χ1v) is 6.43. The predicted octanol–water partition coefficient (Wildman–Crippen LogP) is 3.09. The molecule has 0 unspecified atom stereocenters. The molecule has 0 aromatic heterocycles. The molecule has 0 spiro atoms. The fraction of sp³-hybridized carbons (Fsp3) is 0.267. The molecule has 7 heteroatoms. The van der Waals surface area contributed by atoms with E-state index < -0.39 is 11.0 Å². The molecule has 0 bridgehead atoms. The molecule has 0 saturated heterocycles. The number of ether oxygens (including phenoxy) is 2. The van der Waals surface area contributed by atoms with Crippen LogP contribution in [0.3, 0.4) is 0 Å². The number of nitrogens with zero attached hydrogens (tertiary/aromatic N) is 2. The van der Waals surface area contributed by atoms with E-state index in [1.54, 1.807) is 6.08 Å². The van der Waals surface area contributed by atoms with Gasteiger partial charge in [-0.15, -0.1) is 13.2 Å². The van der Waals surface area contributed by atoms with Gasteiger partial charge in [-0.2, -0.15) is 0 Å². The molecule has 0 fully saturated rings. The summed E-state index contributed by atoms with van der Waals surface area (Å²) in [6, 6.07) is 2.78. The summed E-state index contributed by atoms with van der Waals surface area (Å²) in [5.74, 6) is 0.429. The molecule has 0 heterocycles. The van der Waals surface area contributed by atoms with E-state index in [1.807, 2.05) is 0 Å². The van der Waals surface area contributed by atoms with Crippen molar-refractivity contribution in [3.8, 4) is 5.75 Å². The zero-order chi connectivity index (χ0) is 16.7. The number of hydrogen-bond acceptors (Lipinski definition) is 5. The van der Waals surface area contributed by atoms with Gasteiger partial charge in [0.1, 0.15) is 11.4 Å². The number of rotatable bonds is 7. The van der Waals surface area contributed by atoms with E-state index in [9.17, 15) is 14.9 Å². The van der Waals surface area contributed by atoms with E-state index in [4.69, 9.17) is 9.47 Å². The number of carbonyl (C=O) groups is 1. The van der Waals surface area contributed by atoms with Crippen molar-refractivity contribution in [2.45, 2.75) is 6.42 Å². The normalized spacial score (nSPS) is 9.73. The van der Waals surface area contributed by atoms with Crippen molar-refractivity contribution in [3.05, 3.63) is 53.1 Å². The van der Waals surface area contributed by atoms with Gasteiger partial charge in [0, 0.05) is 18.2 Å². The van der Waals surface area contributed by atoms with Crippen LogP contribution in [0.15, 0.2) is 37.4 Å². The molecular weight excluding hydrogens is 288 g/mol. The molecular formula is C15H18N2O5. The molecule has 1 aromatic carbocycles. The van der Waals surface area contributed by atoms with Crippen molar-refractivity contribution in [2.24, 2.45) is 0 Å². The number of nitro groups is 1. The maximum absolute atomic E-state index is 12.0. The van der Waals surface area contributed by atoms with Crippen LogP contribution in [0.1, 0.15) is 5.56 Å². The quantitative estimate of drug-likeness (QED) is 0.439. The molecule has 7 nitrogen and oxygen atoms in total. The maximum atomic E-state index is 12.0. The second kappa shape index (κ2) is 7.82. The lowest BCUT2D eigenvalue weighted by molar-refractivity contribution is -0.384. The summed E-state index contributed by atoms with van der Waals surface area (Å²) in [5.41, 5.74) is 0.389. The zero-order valence-corrected chi connectivity index (χ0v) is 12.6. The molecule has 118 valence electrons. The minimum Gasteiger partial charge on any atom is -0.496 e. The molecule has 1 rings (SSSR count). The van der Waals surface area contributed by atoms with Gasteiger partial charge in [-0.25, -0.2) is 4.79 Å². The van der Waals surface area contributed by atoms with Crippen LogP contribution in [0.25, 0.3) is 0 Å². The number of carbonyl (C=O) groups excluding carboxylic acids is 1. The van der Waals surface area contributed by atoms with Crippen LogP contribution >= 0.6 is 0 Å². The second-order valence-corrected chi connectivity index (χ2v) is 4.23. The highest BCUT2D eigenvalue weighted by Crippen LogP contribution is 2.38. The van der Waals surface area contributed by atoms with Gasteiger partial charge in [-0.3, -0.25) is 15.0 Å². The molecule has 0 atom stereocenters. The topological polar surface area (TPSA) is 81.9 Å². The highest BCUT2D eigenvalue weighted by atomic mass is 16.6. The SMILES string of the molecule is C=CCc1c(OC)ccc([N+](=O)[O-])c1N(CC=C)C(=O)OC. The van der Waals surface area contributed by atoms with Crippen LogP contribution in [0, 0.1) is 10.1 Å². The van der Waals surface area contributed by atoms with E-state index in [0.717, 1.165) is 4.90 Å². The molecule has 0 N–H and O–H groups in total. The summed E-state index contributed by atoms with van der Waals surface area (Å²) in [6.45, 7) is 7.26. The number of nitro benzene ring substituents is 1. The smallest absolute Gasteiger partial charge is 0.414 e. The average Bonchev–Trinajstić information content (AvgIpc) is 2.51. The van der Waals surface area contributed by atoms with E-state index >= 15 is 0 Å². The van der Waals surface area contributed by atoms with Gasteiger partial charge in [0.15, 0.2) is 0 Å². The van der Waals surface area contributed by atoms with Crippen LogP contribution < -0.4 is 9.64 Å². The summed E-state index contributed by atoms with van der Waals surface area (Å²) >= 11 is 0. The van der Waals surface area contributed by atoms with E-state index in [-0.39, 0.29) is 17.9 Å².